The third-order valence-electron chi connectivity index (χ3n) is 5.23. The maximum absolute atomic E-state index is 13.3. The van der Waals surface area contributed by atoms with E-state index >= 15 is 0 Å². The number of carbonyl (C=O) groups excluding carboxylic acids is 1. The van der Waals surface area contributed by atoms with Crippen molar-refractivity contribution in [2.24, 2.45) is 0 Å². The number of nitriles is 1. The second-order valence-corrected chi connectivity index (χ2v) is 7.06. The van der Waals surface area contributed by atoms with Crippen LogP contribution in [-0.2, 0) is 10.2 Å². The Bertz CT molecular complexity index is 861. The molecule has 1 fully saturated rings. The van der Waals surface area contributed by atoms with Crippen LogP contribution in [0.4, 0.5) is 4.39 Å². The van der Waals surface area contributed by atoms with Crippen molar-refractivity contribution in [3.05, 3.63) is 71.6 Å². The molecule has 1 aliphatic carbocycles. The molecule has 5 heteroatoms. The van der Waals surface area contributed by atoms with Crippen molar-refractivity contribution in [1.29, 1.82) is 5.26 Å². The van der Waals surface area contributed by atoms with Crippen molar-refractivity contribution < 1.29 is 13.9 Å². The fourth-order valence-electron chi connectivity index (χ4n) is 3.70. The number of hydrogen-bond acceptors (Lipinski definition) is 3. The molecular weight excluding hydrogens is 355 g/mol. The van der Waals surface area contributed by atoms with Gasteiger partial charge in [-0.1, -0.05) is 37.1 Å². The third kappa shape index (κ3) is 4.98. The van der Waals surface area contributed by atoms with Crippen LogP contribution in [0.2, 0.25) is 0 Å². The molecule has 1 saturated carbocycles. The summed E-state index contributed by atoms with van der Waals surface area (Å²) < 4.78 is 18.5. The number of benzene rings is 2. The van der Waals surface area contributed by atoms with Gasteiger partial charge in [0.05, 0.1) is 0 Å². The molecule has 4 nitrogen and oxygen atoms in total. The van der Waals surface area contributed by atoms with Crippen LogP contribution in [0.3, 0.4) is 0 Å². The normalized spacial score (nSPS) is 15.3. The average Bonchev–Trinajstić information content (AvgIpc) is 3.20. The zero-order valence-electron chi connectivity index (χ0n) is 15.7. The number of ether oxygens (including phenoxy) is 1. The number of nitrogens with zero attached hydrogens (tertiary/aromatic N) is 1. The first-order valence-corrected chi connectivity index (χ1v) is 9.43. The lowest BCUT2D eigenvalue weighted by Crippen LogP contribution is -2.38. The van der Waals surface area contributed by atoms with E-state index in [1.165, 1.54) is 18.2 Å². The van der Waals surface area contributed by atoms with E-state index in [2.05, 4.69) is 5.32 Å². The lowest BCUT2D eigenvalue weighted by molar-refractivity contribution is -0.116. The van der Waals surface area contributed by atoms with Crippen LogP contribution >= 0.6 is 0 Å². The molecule has 0 unspecified atom stereocenters. The first-order chi connectivity index (χ1) is 13.6. The van der Waals surface area contributed by atoms with Gasteiger partial charge in [-0.2, -0.15) is 5.26 Å². The lowest BCUT2D eigenvalue weighted by Gasteiger charge is -2.29. The summed E-state index contributed by atoms with van der Waals surface area (Å²) in [6.07, 6.45) is 7.47. The number of carbonyl (C=O) groups is 1. The summed E-state index contributed by atoms with van der Waals surface area (Å²) in [4.78, 5) is 12.3. The van der Waals surface area contributed by atoms with Crippen LogP contribution in [-0.4, -0.2) is 19.1 Å². The van der Waals surface area contributed by atoms with Crippen LogP contribution in [0.25, 0.3) is 6.08 Å². The van der Waals surface area contributed by atoms with Crippen LogP contribution in [0.1, 0.15) is 36.8 Å². The minimum absolute atomic E-state index is 0.00734. The van der Waals surface area contributed by atoms with E-state index in [4.69, 9.17) is 10.00 Å². The zero-order valence-corrected chi connectivity index (χ0v) is 15.7. The van der Waals surface area contributed by atoms with Gasteiger partial charge in [0.2, 0.25) is 5.91 Å². The Morgan fingerprint density at radius 3 is 2.46 bits per heavy atom. The summed E-state index contributed by atoms with van der Waals surface area (Å²) in [5.41, 5.74) is 1.84. The summed E-state index contributed by atoms with van der Waals surface area (Å²) in [5.74, 6) is 0.219. The monoisotopic (exact) mass is 378 g/mol. The Morgan fingerprint density at radius 2 is 1.82 bits per heavy atom. The van der Waals surface area contributed by atoms with Crippen LogP contribution in [0.5, 0.6) is 5.75 Å². The Kier molecular flexibility index (Phi) is 6.44. The Labute approximate surface area is 164 Å². The van der Waals surface area contributed by atoms with E-state index in [-0.39, 0.29) is 23.7 Å². The SMILES string of the molecule is N#CCOc1ccc(/C=C/C(=O)NCC2(c3ccc(F)cc3)CCCC2)cc1. The first-order valence-electron chi connectivity index (χ1n) is 9.43. The van der Waals surface area contributed by atoms with E-state index in [9.17, 15) is 9.18 Å². The van der Waals surface area contributed by atoms with Gasteiger partial charge in [-0.3, -0.25) is 4.79 Å². The first kappa shape index (κ1) is 19.6. The summed E-state index contributed by atoms with van der Waals surface area (Å²) >= 11 is 0. The summed E-state index contributed by atoms with van der Waals surface area (Å²) in [6.45, 7) is 0.552. The van der Waals surface area contributed by atoms with E-state index < -0.39 is 0 Å². The van der Waals surface area contributed by atoms with E-state index in [1.54, 1.807) is 18.2 Å². The molecule has 0 heterocycles. The molecule has 144 valence electrons. The molecule has 1 amide bonds. The van der Waals surface area contributed by atoms with Gasteiger partial charge in [0.25, 0.3) is 0 Å². The molecule has 0 atom stereocenters. The van der Waals surface area contributed by atoms with Gasteiger partial charge in [-0.25, -0.2) is 4.39 Å². The molecule has 2 aromatic rings. The van der Waals surface area contributed by atoms with Gasteiger partial charge in [0.1, 0.15) is 17.6 Å². The largest absolute Gasteiger partial charge is 0.479 e. The highest BCUT2D eigenvalue weighted by Crippen LogP contribution is 2.40. The van der Waals surface area contributed by atoms with E-state index in [0.717, 1.165) is 36.8 Å². The number of nitrogens with one attached hydrogen (secondary N) is 1. The smallest absolute Gasteiger partial charge is 0.244 e. The van der Waals surface area contributed by atoms with Crippen molar-refractivity contribution in [2.75, 3.05) is 13.2 Å². The maximum Gasteiger partial charge on any atom is 0.244 e. The Balaban J connectivity index is 1.58. The number of amides is 1. The van der Waals surface area contributed by atoms with Gasteiger partial charge in [0, 0.05) is 18.0 Å². The van der Waals surface area contributed by atoms with Crippen LogP contribution in [0.15, 0.2) is 54.6 Å². The standard InChI is InChI=1S/C23H23FN2O2/c24-20-8-6-19(7-9-20)23(13-1-2-14-23)17-26-22(27)12-5-18-3-10-21(11-4-18)28-16-15-25/h3-12H,1-2,13-14,16-17H2,(H,26,27)/b12-5+. The highest BCUT2D eigenvalue weighted by atomic mass is 19.1. The predicted octanol–water partition coefficient (Wildman–Crippen LogP) is 4.37. The number of rotatable bonds is 7. The molecule has 0 bridgehead atoms. The summed E-state index contributed by atoms with van der Waals surface area (Å²) in [5, 5.41) is 11.5. The molecule has 1 N–H and O–H groups in total. The summed E-state index contributed by atoms with van der Waals surface area (Å²) in [6, 6.07) is 15.7. The van der Waals surface area contributed by atoms with Crippen molar-refractivity contribution in [3.8, 4) is 11.8 Å². The minimum atomic E-state index is -0.243. The van der Waals surface area contributed by atoms with E-state index in [1.807, 2.05) is 30.3 Å². The Morgan fingerprint density at radius 1 is 1.14 bits per heavy atom. The van der Waals surface area contributed by atoms with Gasteiger partial charge in [-0.15, -0.1) is 0 Å². The quantitative estimate of drug-likeness (QED) is 0.728. The number of hydrogen-bond donors (Lipinski definition) is 1. The summed E-state index contributed by atoms with van der Waals surface area (Å²) in [7, 11) is 0. The minimum Gasteiger partial charge on any atom is -0.479 e. The van der Waals surface area contributed by atoms with Gasteiger partial charge in [0.15, 0.2) is 6.61 Å². The lowest BCUT2D eigenvalue weighted by atomic mass is 9.79. The van der Waals surface area contributed by atoms with Crippen molar-refractivity contribution in [3.63, 3.8) is 0 Å². The van der Waals surface area contributed by atoms with Crippen molar-refractivity contribution >= 4 is 12.0 Å². The highest BCUT2D eigenvalue weighted by Gasteiger charge is 2.35. The molecule has 0 radical (unpaired) electrons. The second kappa shape index (κ2) is 9.18. The molecule has 0 aromatic heterocycles. The third-order valence-corrected chi connectivity index (χ3v) is 5.23. The molecule has 0 spiro atoms. The van der Waals surface area contributed by atoms with Crippen LogP contribution in [0, 0.1) is 17.1 Å². The highest BCUT2D eigenvalue weighted by molar-refractivity contribution is 5.91. The molecule has 0 aliphatic heterocycles. The molecular formula is C23H23FN2O2. The van der Waals surface area contributed by atoms with Gasteiger partial charge in [-0.05, 0) is 54.3 Å². The van der Waals surface area contributed by atoms with Gasteiger partial charge < -0.3 is 10.1 Å². The fourth-order valence-corrected chi connectivity index (χ4v) is 3.70. The van der Waals surface area contributed by atoms with Gasteiger partial charge >= 0.3 is 0 Å². The second-order valence-electron chi connectivity index (χ2n) is 7.06. The van der Waals surface area contributed by atoms with Crippen LogP contribution < -0.4 is 10.1 Å². The average molecular weight is 378 g/mol. The number of halogens is 1. The molecule has 1 aliphatic rings. The predicted molar refractivity (Wildman–Crippen MR) is 106 cm³/mol. The fraction of sp³-hybridized carbons (Fsp3) is 0.304. The van der Waals surface area contributed by atoms with Crippen molar-refractivity contribution in [2.45, 2.75) is 31.1 Å². The van der Waals surface area contributed by atoms with Crippen molar-refractivity contribution in [1.82, 2.24) is 5.32 Å². The zero-order chi connectivity index (χ0) is 19.8. The topological polar surface area (TPSA) is 62.1 Å². The Hall–Kier alpha value is -3.13. The molecule has 3 rings (SSSR count). The van der Waals surface area contributed by atoms with E-state index in [0.29, 0.717) is 12.3 Å². The molecule has 2 aromatic carbocycles. The molecule has 28 heavy (non-hydrogen) atoms. The molecule has 0 saturated heterocycles. The maximum atomic E-state index is 13.3.